The Morgan fingerprint density at radius 1 is 1.17 bits per heavy atom. The van der Waals surface area contributed by atoms with Crippen LogP contribution in [0.2, 0.25) is 0 Å². The average molecular weight is 238 g/mol. The van der Waals surface area contributed by atoms with Crippen LogP contribution in [0.3, 0.4) is 0 Å². The molecule has 2 rings (SSSR count). The maximum atomic E-state index is 9.05. The fourth-order valence-corrected chi connectivity index (χ4v) is 1.71. The summed E-state index contributed by atoms with van der Waals surface area (Å²) in [6, 6.07) is 11.8. The fraction of sp³-hybridized carbons (Fsp3) is 0.143. The molecule has 0 saturated heterocycles. The van der Waals surface area contributed by atoms with E-state index in [2.05, 4.69) is 16.4 Å². The van der Waals surface area contributed by atoms with Gasteiger partial charge in [-0.3, -0.25) is 4.98 Å². The molecule has 0 aliphatic heterocycles. The Balaban J connectivity index is 2.38. The first kappa shape index (κ1) is 11.9. The molecule has 0 bridgehead atoms. The first-order valence-electron chi connectivity index (χ1n) is 5.60. The first-order chi connectivity index (χ1) is 8.72. The van der Waals surface area contributed by atoms with Gasteiger partial charge in [-0.15, -0.1) is 0 Å². The van der Waals surface area contributed by atoms with Crippen molar-refractivity contribution in [2.24, 2.45) is 0 Å². The van der Waals surface area contributed by atoms with Crippen LogP contribution in [-0.4, -0.2) is 19.1 Å². The number of hydrogen-bond donors (Lipinski definition) is 1. The summed E-state index contributed by atoms with van der Waals surface area (Å²) in [7, 11) is 3.96. The normalized spacial score (nSPS) is 9.61. The lowest BCUT2D eigenvalue weighted by atomic mass is 10.2. The minimum absolute atomic E-state index is 0.582. The summed E-state index contributed by atoms with van der Waals surface area (Å²) >= 11 is 0. The smallest absolute Gasteiger partial charge is 0.101 e. The van der Waals surface area contributed by atoms with Gasteiger partial charge in [0, 0.05) is 20.3 Å². The van der Waals surface area contributed by atoms with Gasteiger partial charge in [0.15, 0.2) is 0 Å². The Bertz CT molecular complexity index is 584. The van der Waals surface area contributed by atoms with E-state index in [1.807, 2.05) is 43.3 Å². The summed E-state index contributed by atoms with van der Waals surface area (Å²) < 4.78 is 0. The summed E-state index contributed by atoms with van der Waals surface area (Å²) in [6.07, 6.45) is 3.27. The van der Waals surface area contributed by atoms with E-state index >= 15 is 0 Å². The lowest BCUT2D eigenvalue weighted by molar-refractivity contribution is 1.13. The molecular formula is C14H14N4. The number of nitriles is 1. The van der Waals surface area contributed by atoms with Crippen LogP contribution in [0, 0.1) is 11.3 Å². The molecule has 0 aliphatic rings. The molecule has 2 aromatic rings. The Morgan fingerprint density at radius 3 is 2.67 bits per heavy atom. The number of nitrogens with zero attached hydrogens (tertiary/aromatic N) is 3. The molecule has 4 nitrogen and oxygen atoms in total. The Morgan fingerprint density at radius 2 is 1.94 bits per heavy atom. The SMILES string of the molecule is CN(C)c1ccccc1Nc1cnccc1C#N. The van der Waals surface area contributed by atoms with Gasteiger partial charge >= 0.3 is 0 Å². The van der Waals surface area contributed by atoms with Crippen molar-refractivity contribution in [1.29, 1.82) is 5.26 Å². The largest absolute Gasteiger partial charge is 0.376 e. The second-order valence-electron chi connectivity index (χ2n) is 4.07. The van der Waals surface area contributed by atoms with Gasteiger partial charge < -0.3 is 10.2 Å². The molecule has 0 saturated carbocycles. The van der Waals surface area contributed by atoms with Gasteiger partial charge in [-0.1, -0.05) is 12.1 Å². The van der Waals surface area contributed by atoms with Crippen LogP contribution in [0.15, 0.2) is 42.7 Å². The third-order valence-electron chi connectivity index (χ3n) is 2.60. The van der Waals surface area contributed by atoms with E-state index in [9.17, 15) is 0 Å². The number of pyridine rings is 1. The maximum absolute atomic E-state index is 9.05. The van der Waals surface area contributed by atoms with Crippen LogP contribution in [0.5, 0.6) is 0 Å². The fourth-order valence-electron chi connectivity index (χ4n) is 1.71. The molecule has 1 aromatic carbocycles. The van der Waals surface area contributed by atoms with Crippen LogP contribution in [0.25, 0.3) is 0 Å². The van der Waals surface area contributed by atoms with Crippen molar-refractivity contribution in [1.82, 2.24) is 4.98 Å². The maximum Gasteiger partial charge on any atom is 0.101 e. The molecule has 0 radical (unpaired) electrons. The Kier molecular flexibility index (Phi) is 3.44. The van der Waals surface area contributed by atoms with Crippen LogP contribution < -0.4 is 10.2 Å². The van der Waals surface area contributed by atoms with Crippen LogP contribution in [0.1, 0.15) is 5.56 Å². The van der Waals surface area contributed by atoms with Gasteiger partial charge in [0.2, 0.25) is 0 Å². The molecule has 1 N–H and O–H groups in total. The van der Waals surface area contributed by atoms with Crippen LogP contribution >= 0.6 is 0 Å². The van der Waals surface area contributed by atoms with Gasteiger partial charge in [-0.2, -0.15) is 5.26 Å². The van der Waals surface area contributed by atoms with E-state index in [4.69, 9.17) is 5.26 Å². The molecular weight excluding hydrogens is 224 g/mol. The third kappa shape index (κ3) is 2.41. The summed E-state index contributed by atoms with van der Waals surface area (Å²) in [5.74, 6) is 0. The number of para-hydroxylation sites is 2. The minimum atomic E-state index is 0.582. The van der Waals surface area contributed by atoms with Gasteiger partial charge in [-0.05, 0) is 18.2 Å². The number of benzene rings is 1. The highest BCUT2D eigenvalue weighted by atomic mass is 15.1. The quantitative estimate of drug-likeness (QED) is 0.893. The summed E-state index contributed by atoms with van der Waals surface area (Å²) in [5.41, 5.74) is 3.31. The highest BCUT2D eigenvalue weighted by molar-refractivity contribution is 5.76. The van der Waals surface area contributed by atoms with Crippen LogP contribution in [-0.2, 0) is 0 Å². The Hall–Kier alpha value is -2.54. The van der Waals surface area contributed by atoms with Gasteiger partial charge in [-0.25, -0.2) is 0 Å². The number of hydrogen-bond acceptors (Lipinski definition) is 4. The zero-order valence-electron chi connectivity index (χ0n) is 10.4. The van der Waals surface area contributed by atoms with Crippen molar-refractivity contribution in [3.8, 4) is 6.07 Å². The van der Waals surface area contributed by atoms with E-state index in [-0.39, 0.29) is 0 Å². The molecule has 1 heterocycles. The molecule has 90 valence electrons. The summed E-state index contributed by atoms with van der Waals surface area (Å²) in [5, 5.41) is 12.3. The number of rotatable bonds is 3. The van der Waals surface area contributed by atoms with Crippen LogP contribution in [0.4, 0.5) is 17.1 Å². The monoisotopic (exact) mass is 238 g/mol. The predicted octanol–water partition coefficient (Wildman–Crippen LogP) is 2.76. The number of nitrogens with one attached hydrogen (secondary N) is 1. The zero-order valence-corrected chi connectivity index (χ0v) is 10.4. The molecule has 0 fully saturated rings. The first-order valence-corrected chi connectivity index (χ1v) is 5.60. The van der Waals surface area contributed by atoms with Crippen molar-refractivity contribution in [3.63, 3.8) is 0 Å². The zero-order chi connectivity index (χ0) is 13.0. The average Bonchev–Trinajstić information content (AvgIpc) is 2.40. The van der Waals surface area contributed by atoms with E-state index in [0.29, 0.717) is 11.3 Å². The van der Waals surface area contributed by atoms with Gasteiger partial charge in [0.25, 0.3) is 0 Å². The lowest BCUT2D eigenvalue weighted by Gasteiger charge is -2.18. The molecule has 0 aliphatic carbocycles. The van der Waals surface area contributed by atoms with Crippen molar-refractivity contribution in [2.75, 3.05) is 24.3 Å². The molecule has 0 amide bonds. The Labute approximate surface area is 107 Å². The molecule has 4 heteroatoms. The van der Waals surface area contributed by atoms with Gasteiger partial charge in [0.05, 0.1) is 28.8 Å². The molecule has 18 heavy (non-hydrogen) atoms. The van der Waals surface area contributed by atoms with E-state index < -0.39 is 0 Å². The van der Waals surface area contributed by atoms with Crippen molar-refractivity contribution < 1.29 is 0 Å². The molecule has 0 atom stereocenters. The van der Waals surface area contributed by atoms with Crippen molar-refractivity contribution >= 4 is 17.1 Å². The predicted molar refractivity (Wildman–Crippen MR) is 73.0 cm³/mol. The summed E-state index contributed by atoms with van der Waals surface area (Å²) in [4.78, 5) is 6.06. The third-order valence-corrected chi connectivity index (χ3v) is 2.60. The van der Waals surface area contributed by atoms with E-state index in [1.165, 1.54) is 0 Å². The van der Waals surface area contributed by atoms with Gasteiger partial charge in [0.1, 0.15) is 6.07 Å². The number of anilines is 3. The van der Waals surface area contributed by atoms with E-state index in [1.54, 1.807) is 18.5 Å². The minimum Gasteiger partial charge on any atom is -0.376 e. The highest BCUT2D eigenvalue weighted by Gasteiger charge is 2.06. The topological polar surface area (TPSA) is 52.0 Å². The lowest BCUT2D eigenvalue weighted by Crippen LogP contribution is -2.11. The molecule has 1 aromatic heterocycles. The van der Waals surface area contributed by atoms with E-state index in [0.717, 1.165) is 11.4 Å². The standard InChI is InChI=1S/C14H14N4/c1-18(2)14-6-4-3-5-12(14)17-13-10-16-8-7-11(13)9-15/h3-8,10,17H,1-2H3. The second-order valence-corrected chi connectivity index (χ2v) is 4.07. The molecule has 0 spiro atoms. The highest BCUT2D eigenvalue weighted by Crippen LogP contribution is 2.27. The summed E-state index contributed by atoms with van der Waals surface area (Å²) in [6.45, 7) is 0. The van der Waals surface area contributed by atoms with Crippen molar-refractivity contribution in [2.45, 2.75) is 0 Å². The second kappa shape index (κ2) is 5.19. The number of aromatic nitrogens is 1. The van der Waals surface area contributed by atoms with Crippen molar-refractivity contribution in [3.05, 3.63) is 48.3 Å². The molecule has 0 unspecified atom stereocenters.